The van der Waals surface area contributed by atoms with Crippen LogP contribution in [0.15, 0.2) is 30.7 Å². The highest BCUT2D eigenvalue weighted by atomic mass is 35.5. The molecule has 1 N–H and O–H groups in total. The van der Waals surface area contributed by atoms with Gasteiger partial charge in [-0.1, -0.05) is 17.7 Å². The van der Waals surface area contributed by atoms with Crippen LogP contribution in [0.25, 0.3) is 5.69 Å². The van der Waals surface area contributed by atoms with E-state index in [2.05, 4.69) is 27.9 Å². The van der Waals surface area contributed by atoms with E-state index in [-0.39, 0.29) is 0 Å². The molecule has 94 valence electrons. The molecule has 1 saturated heterocycles. The van der Waals surface area contributed by atoms with Gasteiger partial charge in [-0.05, 0) is 37.6 Å². The third-order valence-electron chi connectivity index (χ3n) is 3.51. The highest BCUT2D eigenvalue weighted by molar-refractivity contribution is 6.32. The van der Waals surface area contributed by atoms with Gasteiger partial charge in [-0.15, -0.1) is 0 Å². The predicted molar refractivity (Wildman–Crippen MR) is 73.5 cm³/mol. The molecule has 3 rings (SSSR count). The van der Waals surface area contributed by atoms with E-state index in [0.717, 1.165) is 30.2 Å². The third kappa shape index (κ3) is 2.04. The van der Waals surface area contributed by atoms with Gasteiger partial charge in [0.05, 0.1) is 17.0 Å². The lowest BCUT2D eigenvalue weighted by Crippen LogP contribution is -2.11. The second-order valence-corrected chi connectivity index (χ2v) is 5.24. The summed E-state index contributed by atoms with van der Waals surface area (Å²) in [5.41, 5.74) is 3.47. The van der Waals surface area contributed by atoms with E-state index in [0.29, 0.717) is 5.92 Å². The molecular weight excluding hydrogens is 246 g/mol. The van der Waals surface area contributed by atoms with E-state index in [4.69, 9.17) is 11.6 Å². The second kappa shape index (κ2) is 4.75. The predicted octanol–water partition coefficient (Wildman–Crippen LogP) is 2.91. The van der Waals surface area contributed by atoms with Crippen molar-refractivity contribution in [3.63, 3.8) is 0 Å². The van der Waals surface area contributed by atoms with Gasteiger partial charge in [0.1, 0.15) is 0 Å². The average Bonchev–Trinajstić information content (AvgIpc) is 3.00. The van der Waals surface area contributed by atoms with Gasteiger partial charge in [0, 0.05) is 24.4 Å². The van der Waals surface area contributed by atoms with E-state index in [1.54, 1.807) is 0 Å². The van der Waals surface area contributed by atoms with Crippen molar-refractivity contribution in [3.05, 3.63) is 47.0 Å². The molecule has 0 saturated carbocycles. The standard InChI is InChI=1S/C14H16ClN3/c1-10-2-3-12(15)13(6-10)18-9-17-8-14(18)11-4-5-16-7-11/h2-3,6,8-9,11,16H,4-5,7H2,1H3. The largest absolute Gasteiger partial charge is 0.316 e. The van der Waals surface area contributed by atoms with Crippen molar-refractivity contribution in [3.8, 4) is 5.69 Å². The molecule has 0 spiro atoms. The molecule has 18 heavy (non-hydrogen) atoms. The summed E-state index contributed by atoms with van der Waals surface area (Å²) in [5, 5.41) is 4.16. The number of rotatable bonds is 2. The Morgan fingerprint density at radius 2 is 2.33 bits per heavy atom. The zero-order valence-electron chi connectivity index (χ0n) is 10.4. The Balaban J connectivity index is 2.06. The summed E-state index contributed by atoms with van der Waals surface area (Å²) in [4.78, 5) is 4.29. The Morgan fingerprint density at radius 1 is 1.44 bits per heavy atom. The van der Waals surface area contributed by atoms with E-state index in [1.807, 2.05) is 24.7 Å². The number of aryl methyl sites for hydroxylation is 1. The molecule has 2 aromatic rings. The summed E-state index contributed by atoms with van der Waals surface area (Å²) < 4.78 is 2.12. The van der Waals surface area contributed by atoms with Crippen molar-refractivity contribution in [1.82, 2.24) is 14.9 Å². The van der Waals surface area contributed by atoms with Crippen LogP contribution >= 0.6 is 11.6 Å². The van der Waals surface area contributed by atoms with E-state index >= 15 is 0 Å². The molecule has 2 heterocycles. The summed E-state index contributed by atoms with van der Waals surface area (Å²) in [5.74, 6) is 0.532. The Morgan fingerprint density at radius 3 is 3.11 bits per heavy atom. The van der Waals surface area contributed by atoms with Gasteiger partial charge in [-0.2, -0.15) is 0 Å². The number of nitrogens with zero attached hydrogens (tertiary/aromatic N) is 2. The monoisotopic (exact) mass is 261 g/mol. The molecule has 1 unspecified atom stereocenters. The second-order valence-electron chi connectivity index (χ2n) is 4.83. The van der Waals surface area contributed by atoms with Crippen molar-refractivity contribution in [2.45, 2.75) is 19.3 Å². The van der Waals surface area contributed by atoms with Gasteiger partial charge < -0.3 is 9.88 Å². The van der Waals surface area contributed by atoms with Crippen LogP contribution in [0.4, 0.5) is 0 Å². The topological polar surface area (TPSA) is 29.9 Å². The molecule has 0 bridgehead atoms. The molecule has 4 heteroatoms. The maximum atomic E-state index is 6.30. The first-order chi connectivity index (χ1) is 8.75. The van der Waals surface area contributed by atoms with Gasteiger partial charge in [0.15, 0.2) is 0 Å². The fourth-order valence-corrected chi connectivity index (χ4v) is 2.73. The minimum absolute atomic E-state index is 0.532. The van der Waals surface area contributed by atoms with Crippen molar-refractivity contribution in [2.75, 3.05) is 13.1 Å². The average molecular weight is 262 g/mol. The van der Waals surface area contributed by atoms with E-state index in [1.165, 1.54) is 11.3 Å². The van der Waals surface area contributed by atoms with Crippen molar-refractivity contribution < 1.29 is 0 Å². The van der Waals surface area contributed by atoms with Crippen LogP contribution in [0.1, 0.15) is 23.6 Å². The molecule has 1 aliphatic rings. The normalized spacial score (nSPS) is 19.3. The SMILES string of the molecule is Cc1ccc(Cl)c(-n2cncc2C2CCNC2)c1. The van der Waals surface area contributed by atoms with E-state index < -0.39 is 0 Å². The van der Waals surface area contributed by atoms with Crippen LogP contribution in [-0.2, 0) is 0 Å². The minimum Gasteiger partial charge on any atom is -0.316 e. The number of halogens is 1. The molecule has 1 atom stereocenters. The van der Waals surface area contributed by atoms with Crippen molar-refractivity contribution >= 4 is 11.6 Å². The number of hydrogen-bond donors (Lipinski definition) is 1. The molecule has 1 aromatic carbocycles. The van der Waals surface area contributed by atoms with Gasteiger partial charge in [0.2, 0.25) is 0 Å². The maximum absolute atomic E-state index is 6.30. The van der Waals surface area contributed by atoms with E-state index in [9.17, 15) is 0 Å². The number of imidazole rings is 1. The van der Waals surface area contributed by atoms with Crippen LogP contribution in [-0.4, -0.2) is 22.6 Å². The van der Waals surface area contributed by atoms with Crippen LogP contribution in [0.2, 0.25) is 5.02 Å². The summed E-state index contributed by atoms with van der Waals surface area (Å²) in [6, 6.07) is 6.08. The Kier molecular flexibility index (Phi) is 3.10. The summed E-state index contributed by atoms with van der Waals surface area (Å²) >= 11 is 6.30. The zero-order chi connectivity index (χ0) is 12.5. The van der Waals surface area contributed by atoms with Crippen LogP contribution in [0, 0.1) is 6.92 Å². The van der Waals surface area contributed by atoms with Crippen LogP contribution < -0.4 is 5.32 Å². The molecule has 1 aliphatic heterocycles. The van der Waals surface area contributed by atoms with Gasteiger partial charge in [-0.25, -0.2) is 4.98 Å². The maximum Gasteiger partial charge on any atom is 0.0994 e. The molecular formula is C14H16ClN3. The first kappa shape index (κ1) is 11.8. The van der Waals surface area contributed by atoms with Gasteiger partial charge in [0.25, 0.3) is 0 Å². The lowest BCUT2D eigenvalue weighted by molar-refractivity contribution is 0.713. The Bertz CT molecular complexity index is 556. The molecule has 3 nitrogen and oxygen atoms in total. The number of aromatic nitrogens is 2. The highest BCUT2D eigenvalue weighted by Gasteiger charge is 2.21. The van der Waals surface area contributed by atoms with Crippen molar-refractivity contribution in [1.29, 1.82) is 0 Å². The van der Waals surface area contributed by atoms with Crippen LogP contribution in [0.5, 0.6) is 0 Å². The minimum atomic E-state index is 0.532. The highest BCUT2D eigenvalue weighted by Crippen LogP contribution is 2.28. The number of hydrogen-bond acceptors (Lipinski definition) is 2. The fourth-order valence-electron chi connectivity index (χ4n) is 2.52. The molecule has 0 amide bonds. The molecule has 0 radical (unpaired) electrons. The molecule has 1 fully saturated rings. The smallest absolute Gasteiger partial charge is 0.0994 e. The Labute approximate surface area is 112 Å². The third-order valence-corrected chi connectivity index (χ3v) is 3.83. The summed E-state index contributed by atoms with van der Waals surface area (Å²) in [7, 11) is 0. The van der Waals surface area contributed by atoms with Gasteiger partial charge >= 0.3 is 0 Å². The summed E-state index contributed by atoms with van der Waals surface area (Å²) in [6.07, 6.45) is 4.97. The lowest BCUT2D eigenvalue weighted by Gasteiger charge is -2.14. The first-order valence-electron chi connectivity index (χ1n) is 6.25. The fraction of sp³-hybridized carbons (Fsp3) is 0.357. The first-order valence-corrected chi connectivity index (χ1v) is 6.63. The zero-order valence-corrected chi connectivity index (χ0v) is 11.1. The lowest BCUT2D eigenvalue weighted by atomic mass is 10.1. The number of nitrogens with one attached hydrogen (secondary N) is 1. The summed E-state index contributed by atoms with van der Waals surface area (Å²) in [6.45, 7) is 4.18. The Hall–Kier alpha value is -1.32. The number of benzene rings is 1. The van der Waals surface area contributed by atoms with Gasteiger partial charge in [-0.3, -0.25) is 0 Å². The quantitative estimate of drug-likeness (QED) is 0.901. The van der Waals surface area contributed by atoms with Crippen molar-refractivity contribution in [2.24, 2.45) is 0 Å². The molecule has 0 aliphatic carbocycles. The molecule has 1 aromatic heterocycles. The van der Waals surface area contributed by atoms with Crippen LogP contribution in [0.3, 0.4) is 0 Å².